The monoisotopic (exact) mass is 360 g/mol. The quantitative estimate of drug-likeness (QED) is 0.619. The van der Waals surface area contributed by atoms with Gasteiger partial charge in [-0.1, -0.05) is 0 Å². The molecule has 7 nitrogen and oxygen atoms in total. The van der Waals surface area contributed by atoms with Gasteiger partial charge in [0.05, 0.1) is 23.0 Å². The number of aryl methyl sites for hydroxylation is 2. The summed E-state index contributed by atoms with van der Waals surface area (Å²) in [6.45, 7) is 6.28. The standard InChI is InChI=1S/C17H20N4O3S/c1-9(19-17(22)23)7-13-10(2)14-15(25-13)16(21-11(3)20-14)18-8-12-5-4-6-24-12/h4-6,9,19H,7-8H2,1-3H3,(H,22,23)(H,18,20,21). The van der Waals surface area contributed by atoms with E-state index in [9.17, 15) is 4.79 Å². The highest BCUT2D eigenvalue weighted by Gasteiger charge is 2.17. The van der Waals surface area contributed by atoms with Gasteiger partial charge in [0.25, 0.3) is 0 Å². The van der Waals surface area contributed by atoms with Crippen molar-refractivity contribution in [2.75, 3.05) is 5.32 Å². The van der Waals surface area contributed by atoms with Crippen LogP contribution in [0.15, 0.2) is 22.8 Å². The first kappa shape index (κ1) is 17.2. The molecule has 0 aromatic carbocycles. The lowest BCUT2D eigenvalue weighted by atomic mass is 10.1. The molecule has 0 aliphatic rings. The predicted octanol–water partition coefficient (Wildman–Crippen LogP) is 3.71. The number of hydrogen-bond acceptors (Lipinski definition) is 6. The zero-order valence-corrected chi connectivity index (χ0v) is 15.1. The fraction of sp³-hybridized carbons (Fsp3) is 0.353. The lowest BCUT2D eigenvalue weighted by Crippen LogP contribution is -2.32. The molecule has 0 saturated carbocycles. The largest absolute Gasteiger partial charge is 0.467 e. The molecule has 3 heterocycles. The molecule has 3 N–H and O–H groups in total. The fourth-order valence-corrected chi connectivity index (χ4v) is 4.02. The third kappa shape index (κ3) is 3.90. The molecule has 1 unspecified atom stereocenters. The molecule has 0 radical (unpaired) electrons. The van der Waals surface area contributed by atoms with Gasteiger partial charge >= 0.3 is 6.09 Å². The Balaban J connectivity index is 1.90. The Bertz CT molecular complexity index is 889. The number of nitrogens with zero attached hydrogens (tertiary/aromatic N) is 2. The Morgan fingerprint density at radius 1 is 1.40 bits per heavy atom. The lowest BCUT2D eigenvalue weighted by molar-refractivity contribution is 0.191. The maximum absolute atomic E-state index is 10.8. The van der Waals surface area contributed by atoms with Crippen molar-refractivity contribution in [3.8, 4) is 0 Å². The summed E-state index contributed by atoms with van der Waals surface area (Å²) < 4.78 is 6.33. The van der Waals surface area contributed by atoms with Crippen LogP contribution in [0.4, 0.5) is 10.6 Å². The molecule has 8 heteroatoms. The van der Waals surface area contributed by atoms with Crippen LogP contribution in [-0.2, 0) is 13.0 Å². The van der Waals surface area contributed by atoms with Crippen LogP contribution >= 0.6 is 11.3 Å². The third-order valence-corrected chi connectivity index (χ3v) is 5.16. The Morgan fingerprint density at radius 2 is 2.20 bits per heavy atom. The molecule has 0 fully saturated rings. The summed E-state index contributed by atoms with van der Waals surface area (Å²) in [7, 11) is 0. The minimum Gasteiger partial charge on any atom is -0.467 e. The van der Waals surface area contributed by atoms with Crippen molar-refractivity contribution in [3.63, 3.8) is 0 Å². The summed E-state index contributed by atoms with van der Waals surface area (Å²) in [6, 6.07) is 3.59. The van der Waals surface area contributed by atoms with Crippen molar-refractivity contribution in [3.05, 3.63) is 40.4 Å². The van der Waals surface area contributed by atoms with Crippen LogP contribution in [-0.4, -0.2) is 27.2 Å². The number of carboxylic acid groups (broad SMARTS) is 1. The number of carbonyl (C=O) groups is 1. The van der Waals surface area contributed by atoms with Gasteiger partial charge in [-0.15, -0.1) is 11.3 Å². The third-order valence-electron chi connectivity index (χ3n) is 3.85. The highest BCUT2D eigenvalue weighted by Crippen LogP contribution is 2.34. The second kappa shape index (κ2) is 7.10. The summed E-state index contributed by atoms with van der Waals surface area (Å²) in [5.74, 6) is 2.30. The lowest BCUT2D eigenvalue weighted by Gasteiger charge is -2.10. The number of rotatable bonds is 6. The van der Waals surface area contributed by atoms with E-state index < -0.39 is 6.09 Å². The molecule has 0 aliphatic carbocycles. The van der Waals surface area contributed by atoms with Gasteiger partial charge in [0.1, 0.15) is 17.4 Å². The molecular weight excluding hydrogens is 340 g/mol. The molecule has 0 spiro atoms. The first-order valence-electron chi connectivity index (χ1n) is 7.96. The van der Waals surface area contributed by atoms with E-state index in [1.165, 1.54) is 0 Å². The second-order valence-corrected chi connectivity index (χ2v) is 7.04. The van der Waals surface area contributed by atoms with Gasteiger partial charge in [0.2, 0.25) is 0 Å². The molecule has 0 aliphatic heterocycles. The van der Waals surface area contributed by atoms with Crippen LogP contribution in [0.1, 0.15) is 28.9 Å². The van der Waals surface area contributed by atoms with E-state index in [1.54, 1.807) is 17.6 Å². The summed E-state index contributed by atoms with van der Waals surface area (Å²) in [4.78, 5) is 21.0. The summed E-state index contributed by atoms with van der Waals surface area (Å²) in [5.41, 5.74) is 1.99. The number of amides is 1. The number of aromatic nitrogens is 2. The first-order chi connectivity index (χ1) is 11.9. The SMILES string of the molecule is Cc1nc(NCc2ccco2)c2sc(CC(C)NC(=O)O)c(C)c2n1. The molecule has 3 rings (SSSR count). The Hall–Kier alpha value is -2.61. The van der Waals surface area contributed by atoms with E-state index >= 15 is 0 Å². The minimum atomic E-state index is -1.01. The summed E-state index contributed by atoms with van der Waals surface area (Å²) in [5, 5.41) is 14.7. The highest BCUT2D eigenvalue weighted by molar-refractivity contribution is 7.19. The van der Waals surface area contributed by atoms with Gasteiger partial charge in [0.15, 0.2) is 0 Å². The normalized spacial score (nSPS) is 12.3. The van der Waals surface area contributed by atoms with E-state index in [1.807, 2.05) is 32.9 Å². The van der Waals surface area contributed by atoms with Gasteiger partial charge in [0, 0.05) is 17.3 Å². The van der Waals surface area contributed by atoms with Crippen molar-refractivity contribution in [2.24, 2.45) is 0 Å². The van der Waals surface area contributed by atoms with Crippen LogP contribution in [0.25, 0.3) is 10.2 Å². The van der Waals surface area contributed by atoms with E-state index in [2.05, 4.69) is 20.6 Å². The molecule has 25 heavy (non-hydrogen) atoms. The number of hydrogen-bond donors (Lipinski definition) is 3. The highest BCUT2D eigenvalue weighted by atomic mass is 32.1. The van der Waals surface area contributed by atoms with E-state index in [4.69, 9.17) is 9.52 Å². The second-order valence-electron chi connectivity index (χ2n) is 5.93. The van der Waals surface area contributed by atoms with E-state index in [0.717, 1.165) is 32.2 Å². The molecule has 1 amide bonds. The maximum Gasteiger partial charge on any atom is 0.404 e. The molecule has 3 aromatic heterocycles. The smallest absolute Gasteiger partial charge is 0.404 e. The predicted molar refractivity (Wildman–Crippen MR) is 97.3 cm³/mol. The fourth-order valence-electron chi connectivity index (χ4n) is 2.68. The molecule has 0 saturated heterocycles. The topological polar surface area (TPSA) is 100 Å². The van der Waals surface area contributed by atoms with Gasteiger partial charge in [-0.05, 0) is 38.5 Å². The van der Waals surface area contributed by atoms with Crippen LogP contribution < -0.4 is 10.6 Å². The zero-order valence-electron chi connectivity index (χ0n) is 14.3. The van der Waals surface area contributed by atoms with Crippen molar-refractivity contribution in [2.45, 2.75) is 39.8 Å². The maximum atomic E-state index is 10.8. The summed E-state index contributed by atoms with van der Waals surface area (Å²) in [6.07, 6.45) is 1.25. The Kier molecular flexibility index (Phi) is 4.89. The van der Waals surface area contributed by atoms with Crippen molar-refractivity contribution < 1.29 is 14.3 Å². The number of anilines is 1. The molecular formula is C17H20N4O3S. The number of fused-ring (bicyclic) bond motifs is 1. The average molecular weight is 360 g/mol. The average Bonchev–Trinajstić information content (AvgIpc) is 3.14. The van der Waals surface area contributed by atoms with Crippen molar-refractivity contribution >= 4 is 33.5 Å². The number of furan rings is 1. The number of thiophene rings is 1. The van der Waals surface area contributed by atoms with Crippen LogP contribution in [0.5, 0.6) is 0 Å². The van der Waals surface area contributed by atoms with Gasteiger partial charge in [-0.2, -0.15) is 0 Å². The number of nitrogens with one attached hydrogen (secondary N) is 2. The molecule has 3 aromatic rings. The first-order valence-corrected chi connectivity index (χ1v) is 8.78. The zero-order chi connectivity index (χ0) is 18.0. The van der Waals surface area contributed by atoms with Gasteiger partial charge in [-0.25, -0.2) is 14.8 Å². The molecule has 132 valence electrons. The van der Waals surface area contributed by atoms with Crippen LogP contribution in [0.3, 0.4) is 0 Å². The van der Waals surface area contributed by atoms with Gasteiger partial charge < -0.3 is 20.2 Å². The Labute approximate surface area is 149 Å². The minimum absolute atomic E-state index is 0.169. The molecule has 1 atom stereocenters. The van der Waals surface area contributed by atoms with Crippen molar-refractivity contribution in [1.29, 1.82) is 0 Å². The van der Waals surface area contributed by atoms with Crippen LogP contribution in [0, 0.1) is 13.8 Å². The van der Waals surface area contributed by atoms with Crippen molar-refractivity contribution in [1.82, 2.24) is 15.3 Å². The van der Waals surface area contributed by atoms with E-state index in [0.29, 0.717) is 18.8 Å². The van der Waals surface area contributed by atoms with Crippen LogP contribution in [0.2, 0.25) is 0 Å². The summed E-state index contributed by atoms with van der Waals surface area (Å²) >= 11 is 1.60. The Morgan fingerprint density at radius 3 is 2.88 bits per heavy atom. The van der Waals surface area contributed by atoms with E-state index in [-0.39, 0.29) is 6.04 Å². The van der Waals surface area contributed by atoms with Gasteiger partial charge in [-0.3, -0.25) is 0 Å². The molecule has 0 bridgehead atoms.